The van der Waals surface area contributed by atoms with Crippen molar-refractivity contribution in [3.63, 3.8) is 0 Å². The molecule has 28 heavy (non-hydrogen) atoms. The lowest BCUT2D eigenvalue weighted by Crippen LogP contribution is -2.22. The van der Waals surface area contributed by atoms with Gasteiger partial charge in [0.25, 0.3) is 0 Å². The van der Waals surface area contributed by atoms with Crippen molar-refractivity contribution in [2.45, 2.75) is 19.3 Å². The maximum absolute atomic E-state index is 13.1. The highest BCUT2D eigenvalue weighted by atomic mass is 16.5. The summed E-state index contributed by atoms with van der Waals surface area (Å²) >= 11 is 0. The van der Waals surface area contributed by atoms with Crippen LogP contribution in [0.4, 0.5) is 5.69 Å². The van der Waals surface area contributed by atoms with E-state index in [4.69, 9.17) is 4.74 Å². The first-order chi connectivity index (χ1) is 13.7. The van der Waals surface area contributed by atoms with Crippen LogP contribution in [0.15, 0.2) is 84.9 Å². The molecule has 3 rings (SSSR count). The number of hydrogen-bond acceptors (Lipinski definition) is 3. The average Bonchev–Trinajstić information content (AvgIpc) is 2.74. The van der Waals surface area contributed by atoms with Crippen molar-refractivity contribution < 1.29 is 14.3 Å². The second-order valence-electron chi connectivity index (χ2n) is 6.46. The van der Waals surface area contributed by atoms with Crippen LogP contribution in [0, 0.1) is 0 Å². The molecule has 0 bridgehead atoms. The molecule has 4 nitrogen and oxygen atoms in total. The lowest BCUT2D eigenvalue weighted by molar-refractivity contribution is -0.116. The Morgan fingerprint density at radius 3 is 1.86 bits per heavy atom. The van der Waals surface area contributed by atoms with Crippen LogP contribution in [-0.4, -0.2) is 18.5 Å². The molecule has 1 amide bonds. The van der Waals surface area contributed by atoms with Gasteiger partial charge in [0.1, 0.15) is 0 Å². The van der Waals surface area contributed by atoms with Gasteiger partial charge in [-0.05, 0) is 41.8 Å². The molecule has 0 aliphatic carbocycles. The molecule has 3 aromatic rings. The highest BCUT2D eigenvalue weighted by Gasteiger charge is 2.22. The third kappa shape index (κ3) is 4.86. The number of carbonyl (C=O) groups is 2. The topological polar surface area (TPSA) is 55.4 Å². The summed E-state index contributed by atoms with van der Waals surface area (Å²) in [7, 11) is 0. The van der Waals surface area contributed by atoms with Crippen molar-refractivity contribution >= 4 is 17.6 Å². The van der Waals surface area contributed by atoms with Gasteiger partial charge in [0, 0.05) is 5.69 Å². The number of esters is 1. The van der Waals surface area contributed by atoms with Crippen LogP contribution < -0.4 is 5.32 Å². The Morgan fingerprint density at radius 1 is 0.821 bits per heavy atom. The smallest absolute Gasteiger partial charge is 0.338 e. The summed E-state index contributed by atoms with van der Waals surface area (Å²) in [6.07, 6.45) is 0.778. The van der Waals surface area contributed by atoms with E-state index >= 15 is 0 Å². The van der Waals surface area contributed by atoms with E-state index in [-0.39, 0.29) is 11.9 Å². The zero-order valence-electron chi connectivity index (χ0n) is 15.8. The minimum absolute atomic E-state index is 0.126. The fourth-order valence-corrected chi connectivity index (χ4v) is 2.97. The van der Waals surface area contributed by atoms with E-state index in [9.17, 15) is 9.59 Å². The zero-order chi connectivity index (χ0) is 19.8. The third-order valence-electron chi connectivity index (χ3n) is 4.35. The summed E-state index contributed by atoms with van der Waals surface area (Å²) in [5.74, 6) is -0.901. The van der Waals surface area contributed by atoms with Crippen molar-refractivity contribution in [1.82, 2.24) is 0 Å². The molecule has 0 radical (unpaired) electrons. The Labute approximate surface area is 165 Å². The van der Waals surface area contributed by atoms with Crippen LogP contribution >= 0.6 is 0 Å². The molecule has 0 fully saturated rings. The van der Waals surface area contributed by atoms with Gasteiger partial charge in [-0.1, -0.05) is 67.6 Å². The number of carbonyl (C=O) groups excluding carboxylic acids is 2. The van der Waals surface area contributed by atoms with Gasteiger partial charge < -0.3 is 10.1 Å². The first-order valence-corrected chi connectivity index (χ1v) is 9.37. The predicted octanol–water partition coefficient (Wildman–Crippen LogP) is 5.02. The van der Waals surface area contributed by atoms with Crippen LogP contribution in [0.5, 0.6) is 0 Å². The van der Waals surface area contributed by atoms with E-state index < -0.39 is 5.92 Å². The van der Waals surface area contributed by atoms with Crippen molar-refractivity contribution in [3.05, 3.63) is 102 Å². The Morgan fingerprint density at radius 2 is 1.36 bits per heavy atom. The van der Waals surface area contributed by atoms with Gasteiger partial charge in [-0.2, -0.15) is 0 Å². The number of amides is 1. The van der Waals surface area contributed by atoms with E-state index in [1.54, 1.807) is 24.3 Å². The minimum atomic E-state index is -0.420. The first kappa shape index (κ1) is 19.4. The van der Waals surface area contributed by atoms with Crippen molar-refractivity contribution in [1.29, 1.82) is 0 Å². The normalized spacial score (nSPS) is 10.5. The number of ether oxygens (including phenoxy) is 1. The van der Waals surface area contributed by atoms with Crippen LogP contribution in [0.2, 0.25) is 0 Å². The lowest BCUT2D eigenvalue weighted by Gasteiger charge is -2.18. The molecule has 0 heterocycles. The number of anilines is 1. The molecule has 0 aromatic heterocycles. The minimum Gasteiger partial charge on any atom is -0.462 e. The van der Waals surface area contributed by atoms with Gasteiger partial charge in [0.05, 0.1) is 18.1 Å². The summed E-state index contributed by atoms with van der Waals surface area (Å²) in [6.45, 7) is 2.34. The van der Waals surface area contributed by atoms with E-state index in [2.05, 4.69) is 5.32 Å². The van der Waals surface area contributed by atoms with Crippen molar-refractivity contribution in [3.8, 4) is 0 Å². The molecule has 142 valence electrons. The zero-order valence-corrected chi connectivity index (χ0v) is 15.8. The quantitative estimate of drug-likeness (QED) is 0.591. The molecular formula is C24H23NO3. The molecule has 1 N–H and O–H groups in total. The molecule has 3 aromatic carbocycles. The van der Waals surface area contributed by atoms with Gasteiger partial charge in [0.15, 0.2) is 0 Å². The van der Waals surface area contributed by atoms with Gasteiger partial charge in [-0.3, -0.25) is 4.79 Å². The summed E-state index contributed by atoms with van der Waals surface area (Å²) in [5.41, 5.74) is 2.94. The van der Waals surface area contributed by atoms with E-state index in [1.165, 1.54) is 0 Å². The monoisotopic (exact) mass is 373 g/mol. The lowest BCUT2D eigenvalue weighted by atomic mass is 9.90. The van der Waals surface area contributed by atoms with Gasteiger partial charge >= 0.3 is 5.97 Å². The fourth-order valence-electron chi connectivity index (χ4n) is 2.97. The molecule has 0 unspecified atom stereocenters. The standard InChI is InChI=1S/C24H23NO3/c1-2-17-28-24(27)20-13-15-21(16-14-20)25-23(26)22(18-9-5-3-6-10-18)19-11-7-4-8-12-19/h3-16,22H,2,17H2,1H3,(H,25,26). The molecule has 0 atom stereocenters. The van der Waals surface area contributed by atoms with Crippen LogP contribution in [0.1, 0.15) is 40.7 Å². The number of nitrogens with one attached hydrogen (secondary N) is 1. The van der Waals surface area contributed by atoms with E-state index in [1.807, 2.05) is 67.6 Å². The molecule has 0 saturated heterocycles. The predicted molar refractivity (Wildman–Crippen MR) is 110 cm³/mol. The summed E-state index contributed by atoms with van der Waals surface area (Å²) < 4.78 is 5.13. The Kier molecular flexibility index (Phi) is 6.58. The van der Waals surface area contributed by atoms with Gasteiger partial charge in [-0.25, -0.2) is 4.79 Å². The maximum atomic E-state index is 13.1. The number of benzene rings is 3. The largest absolute Gasteiger partial charge is 0.462 e. The van der Waals surface area contributed by atoms with Gasteiger partial charge in [-0.15, -0.1) is 0 Å². The number of rotatable bonds is 7. The summed E-state index contributed by atoms with van der Waals surface area (Å²) in [5, 5.41) is 2.96. The fraction of sp³-hybridized carbons (Fsp3) is 0.167. The Bertz CT molecular complexity index is 866. The highest BCUT2D eigenvalue weighted by Crippen LogP contribution is 2.26. The van der Waals surface area contributed by atoms with E-state index in [0.29, 0.717) is 17.9 Å². The summed E-state index contributed by atoms with van der Waals surface area (Å²) in [6, 6.07) is 26.1. The van der Waals surface area contributed by atoms with Crippen molar-refractivity contribution in [2.75, 3.05) is 11.9 Å². The third-order valence-corrected chi connectivity index (χ3v) is 4.35. The van der Waals surface area contributed by atoms with Crippen LogP contribution in [0.25, 0.3) is 0 Å². The van der Waals surface area contributed by atoms with E-state index in [0.717, 1.165) is 17.5 Å². The Balaban J connectivity index is 1.78. The molecule has 0 aliphatic heterocycles. The SMILES string of the molecule is CCCOC(=O)c1ccc(NC(=O)C(c2ccccc2)c2ccccc2)cc1. The van der Waals surface area contributed by atoms with Crippen LogP contribution in [-0.2, 0) is 9.53 Å². The highest BCUT2D eigenvalue weighted by molar-refractivity contribution is 5.98. The maximum Gasteiger partial charge on any atom is 0.338 e. The van der Waals surface area contributed by atoms with Gasteiger partial charge in [0.2, 0.25) is 5.91 Å². The second-order valence-corrected chi connectivity index (χ2v) is 6.46. The molecule has 4 heteroatoms. The molecule has 0 aliphatic rings. The Hall–Kier alpha value is -3.40. The second kappa shape index (κ2) is 9.51. The average molecular weight is 373 g/mol. The molecular weight excluding hydrogens is 350 g/mol. The van der Waals surface area contributed by atoms with Crippen LogP contribution in [0.3, 0.4) is 0 Å². The molecule has 0 saturated carbocycles. The number of hydrogen-bond donors (Lipinski definition) is 1. The molecule has 0 spiro atoms. The summed E-state index contributed by atoms with van der Waals surface area (Å²) in [4.78, 5) is 25.0. The van der Waals surface area contributed by atoms with Crippen molar-refractivity contribution in [2.24, 2.45) is 0 Å². The first-order valence-electron chi connectivity index (χ1n) is 9.37.